The van der Waals surface area contributed by atoms with E-state index in [1.165, 1.54) is 11.6 Å². The first-order chi connectivity index (χ1) is 15.3. The molecule has 0 bridgehead atoms. The molecule has 4 aromatic rings. The van der Waals surface area contributed by atoms with Crippen molar-refractivity contribution in [2.24, 2.45) is 0 Å². The summed E-state index contributed by atoms with van der Waals surface area (Å²) >= 11 is 0. The van der Waals surface area contributed by atoms with Crippen molar-refractivity contribution >= 4 is 39.7 Å². The monoisotopic (exact) mass is 426 g/mol. The van der Waals surface area contributed by atoms with Gasteiger partial charge in [0.2, 0.25) is 0 Å². The van der Waals surface area contributed by atoms with Crippen LogP contribution in [0.25, 0.3) is 39.0 Å². The third-order valence-corrected chi connectivity index (χ3v) is 6.29. The molecular formula is C25H18N2O5. The summed E-state index contributed by atoms with van der Waals surface area (Å²) in [6, 6.07) is 13.5. The molecule has 2 aliphatic rings. The van der Waals surface area contributed by atoms with Gasteiger partial charge >= 0.3 is 0 Å². The molecule has 1 aliphatic carbocycles. The van der Waals surface area contributed by atoms with Crippen molar-refractivity contribution in [2.75, 3.05) is 0 Å². The lowest BCUT2D eigenvalue weighted by Gasteiger charge is -2.22. The molecule has 6 rings (SSSR count). The van der Waals surface area contributed by atoms with E-state index in [0.717, 1.165) is 45.6 Å². The molecule has 7 heteroatoms. The summed E-state index contributed by atoms with van der Waals surface area (Å²) in [6.45, 7) is 0. The van der Waals surface area contributed by atoms with E-state index < -0.39 is 11.9 Å². The second-order valence-electron chi connectivity index (χ2n) is 8.24. The fourth-order valence-electron chi connectivity index (χ4n) is 5.02. The predicted molar refractivity (Wildman–Crippen MR) is 119 cm³/mol. The minimum atomic E-state index is -2.93. The van der Waals surface area contributed by atoms with Crippen LogP contribution in [0.5, 0.6) is 0 Å². The Morgan fingerprint density at radius 3 is 2.50 bits per heavy atom. The molecule has 7 nitrogen and oxygen atoms in total. The number of hydrogen-bond donors (Lipinski definition) is 5. The van der Waals surface area contributed by atoms with E-state index in [1.807, 2.05) is 24.3 Å². The van der Waals surface area contributed by atoms with Gasteiger partial charge in [-0.3, -0.25) is 14.9 Å². The number of carbonyl (C=O) groups excluding carboxylic acids is 2. The molecule has 2 heterocycles. The van der Waals surface area contributed by atoms with Crippen molar-refractivity contribution in [1.82, 2.24) is 10.3 Å². The average molecular weight is 426 g/mol. The molecule has 0 spiro atoms. The van der Waals surface area contributed by atoms with Crippen LogP contribution < -0.4 is 5.32 Å². The Morgan fingerprint density at radius 1 is 0.906 bits per heavy atom. The van der Waals surface area contributed by atoms with Gasteiger partial charge in [0.05, 0.1) is 16.6 Å². The fourth-order valence-corrected chi connectivity index (χ4v) is 5.02. The highest BCUT2D eigenvalue weighted by Crippen LogP contribution is 2.45. The maximum atomic E-state index is 12.8. The Kier molecular flexibility index (Phi) is 3.77. The molecule has 0 atom stereocenters. The third-order valence-electron chi connectivity index (χ3n) is 6.29. The maximum Gasteiger partial charge on any atom is 0.297 e. The quantitative estimate of drug-likeness (QED) is 0.249. The minimum absolute atomic E-state index is 0.372. The topological polar surface area (TPSA) is 123 Å². The number of carbonyl (C=O) groups is 2. The highest BCUT2D eigenvalue weighted by Gasteiger charge is 2.37. The number of benzene rings is 3. The zero-order valence-electron chi connectivity index (χ0n) is 16.8. The molecule has 32 heavy (non-hydrogen) atoms. The van der Waals surface area contributed by atoms with Gasteiger partial charge in [-0.1, -0.05) is 36.4 Å². The number of H-pyrrole nitrogens is 1. The smallest absolute Gasteiger partial charge is 0.297 e. The number of hydrogen-bond acceptors (Lipinski definition) is 5. The molecule has 5 N–H and O–H groups in total. The van der Waals surface area contributed by atoms with Crippen LogP contribution >= 0.6 is 0 Å². The van der Waals surface area contributed by atoms with Crippen molar-refractivity contribution in [2.45, 2.75) is 18.8 Å². The largest absolute Gasteiger partial charge is 0.354 e. The van der Waals surface area contributed by atoms with Gasteiger partial charge in [-0.2, -0.15) is 0 Å². The first-order valence-corrected chi connectivity index (χ1v) is 10.3. The molecule has 0 saturated carbocycles. The Morgan fingerprint density at radius 2 is 1.69 bits per heavy atom. The number of aromatic amines is 1. The standard InChI is InChI=1S/C25H18N2O5/c28-23-20-15-7-6-13-3-1-2-4-14(13)18(15)22-19(21(20)24(29)27-23)16-11-12(5-8-17(16)26-22)9-10-25(30,31)32/h1-5,8-11,26,30-32H,6-7H2,(H,27,28,29)/b10-9+. The fraction of sp³-hybridized carbons (Fsp3) is 0.120. The highest BCUT2D eigenvalue weighted by molar-refractivity contribution is 6.32. The third kappa shape index (κ3) is 2.66. The van der Waals surface area contributed by atoms with E-state index in [9.17, 15) is 9.59 Å². The summed E-state index contributed by atoms with van der Waals surface area (Å²) in [6.07, 6.45) is 3.68. The number of rotatable bonds is 2. The maximum absolute atomic E-state index is 12.8. The number of amides is 2. The number of imide groups is 1. The highest BCUT2D eigenvalue weighted by atomic mass is 16.7. The van der Waals surface area contributed by atoms with Gasteiger partial charge in [-0.05, 0) is 47.2 Å². The molecule has 0 unspecified atom stereocenters. The van der Waals surface area contributed by atoms with Gasteiger partial charge in [-0.15, -0.1) is 0 Å². The first-order valence-electron chi connectivity index (χ1n) is 10.3. The van der Waals surface area contributed by atoms with Crippen molar-refractivity contribution in [3.63, 3.8) is 0 Å². The lowest BCUT2D eigenvalue weighted by atomic mass is 9.80. The van der Waals surface area contributed by atoms with Crippen LogP contribution in [0.4, 0.5) is 0 Å². The van der Waals surface area contributed by atoms with Crippen molar-refractivity contribution in [1.29, 1.82) is 0 Å². The van der Waals surface area contributed by atoms with Crippen LogP contribution in [-0.4, -0.2) is 38.1 Å². The van der Waals surface area contributed by atoms with Gasteiger partial charge in [0.1, 0.15) is 0 Å². The van der Waals surface area contributed by atoms with Crippen molar-refractivity contribution in [3.8, 4) is 11.1 Å². The second-order valence-corrected chi connectivity index (χ2v) is 8.24. The lowest BCUT2D eigenvalue weighted by molar-refractivity contribution is -0.272. The van der Waals surface area contributed by atoms with E-state index in [0.29, 0.717) is 28.5 Å². The Labute approximate surface area is 181 Å². The zero-order valence-corrected chi connectivity index (χ0v) is 16.8. The summed E-state index contributed by atoms with van der Waals surface area (Å²) in [5.41, 5.74) is 7.05. The van der Waals surface area contributed by atoms with Gasteiger partial charge < -0.3 is 20.3 Å². The minimum Gasteiger partial charge on any atom is -0.354 e. The van der Waals surface area contributed by atoms with Crippen LogP contribution in [0, 0.1) is 0 Å². The molecule has 0 radical (unpaired) electrons. The molecule has 0 saturated heterocycles. The van der Waals surface area contributed by atoms with Gasteiger partial charge in [-0.25, -0.2) is 0 Å². The molecule has 0 fully saturated rings. The van der Waals surface area contributed by atoms with Gasteiger partial charge in [0.15, 0.2) is 0 Å². The van der Waals surface area contributed by atoms with Crippen LogP contribution in [0.15, 0.2) is 48.5 Å². The number of nitrogens with one attached hydrogen (secondary N) is 2. The van der Waals surface area contributed by atoms with Crippen LogP contribution in [0.1, 0.15) is 37.4 Å². The van der Waals surface area contributed by atoms with Crippen LogP contribution in [-0.2, 0) is 12.8 Å². The molecule has 3 aromatic carbocycles. The summed E-state index contributed by atoms with van der Waals surface area (Å²) < 4.78 is 0. The average Bonchev–Trinajstić information content (AvgIpc) is 3.28. The van der Waals surface area contributed by atoms with Crippen molar-refractivity contribution in [3.05, 3.63) is 76.4 Å². The van der Waals surface area contributed by atoms with E-state index >= 15 is 0 Å². The molecule has 2 amide bonds. The lowest BCUT2D eigenvalue weighted by Crippen LogP contribution is -2.22. The number of aromatic nitrogens is 1. The van der Waals surface area contributed by atoms with E-state index in [1.54, 1.807) is 12.1 Å². The summed E-state index contributed by atoms with van der Waals surface area (Å²) in [4.78, 5) is 29.1. The Balaban J connectivity index is 1.74. The molecule has 1 aliphatic heterocycles. The number of aliphatic hydroxyl groups is 3. The number of aryl methyl sites for hydroxylation is 1. The summed E-state index contributed by atoms with van der Waals surface area (Å²) in [7, 11) is 0. The normalized spacial score (nSPS) is 15.3. The van der Waals surface area contributed by atoms with Gasteiger partial charge in [0.25, 0.3) is 17.8 Å². The van der Waals surface area contributed by atoms with Crippen LogP contribution in [0.3, 0.4) is 0 Å². The van der Waals surface area contributed by atoms with E-state index in [2.05, 4.69) is 16.4 Å². The Hall–Kier alpha value is -3.78. The summed E-state index contributed by atoms with van der Waals surface area (Å²) in [5, 5.41) is 31.4. The first kappa shape index (κ1) is 18.9. The van der Waals surface area contributed by atoms with Crippen molar-refractivity contribution < 1.29 is 24.9 Å². The molecular weight excluding hydrogens is 408 g/mol. The van der Waals surface area contributed by atoms with E-state index in [-0.39, 0.29) is 5.91 Å². The Bertz CT molecular complexity index is 1520. The second kappa shape index (κ2) is 6.37. The zero-order chi connectivity index (χ0) is 22.2. The SMILES string of the molecule is O=C1NC(=O)c2c1c1c(c3[nH]c4ccc(/C=C/C(O)(O)O)cc4c23)-c2ccccc2CC1. The summed E-state index contributed by atoms with van der Waals surface area (Å²) in [5.74, 6) is -3.72. The van der Waals surface area contributed by atoms with Gasteiger partial charge in [0, 0.05) is 27.9 Å². The van der Waals surface area contributed by atoms with Crippen LogP contribution in [0.2, 0.25) is 0 Å². The molecule has 158 valence electrons. The number of fused-ring (bicyclic) bond motifs is 10. The molecule has 1 aromatic heterocycles. The predicted octanol–water partition coefficient (Wildman–Crippen LogP) is 2.61. The van der Waals surface area contributed by atoms with E-state index in [4.69, 9.17) is 15.3 Å².